The molecule has 156 valence electrons. The minimum atomic E-state index is -0.0173. The number of fused-ring (bicyclic) bond motifs is 2. The van der Waals surface area contributed by atoms with E-state index in [0.29, 0.717) is 31.7 Å². The molecule has 1 amide bonds. The molecule has 2 heterocycles. The molecule has 0 bridgehead atoms. The fourth-order valence-corrected chi connectivity index (χ4v) is 3.99. The standard InChI is InChI=1S/C25H23N3O3/c29-11-9-17-1-3-18(4-2-17)25(30)28-10-12-31-24-8-6-19(13-21(24)15-28)20-5-7-22-23(14-20)27-16-26-22/h1-8,13-14,16,29H,9-12,15H2,(H,26,27). The van der Waals surface area contributed by atoms with Gasteiger partial charge in [-0.3, -0.25) is 4.79 Å². The van der Waals surface area contributed by atoms with E-state index < -0.39 is 0 Å². The molecule has 1 aromatic heterocycles. The Balaban J connectivity index is 1.41. The average Bonchev–Trinajstić information content (AvgIpc) is 3.17. The van der Waals surface area contributed by atoms with Crippen LogP contribution in [0.3, 0.4) is 0 Å². The topological polar surface area (TPSA) is 78.4 Å². The van der Waals surface area contributed by atoms with Crippen LogP contribution in [-0.4, -0.2) is 45.6 Å². The predicted octanol–water partition coefficient (Wildman–Crippen LogP) is 3.80. The van der Waals surface area contributed by atoms with Crippen molar-refractivity contribution in [1.29, 1.82) is 0 Å². The molecule has 0 aliphatic carbocycles. The van der Waals surface area contributed by atoms with E-state index in [-0.39, 0.29) is 12.5 Å². The van der Waals surface area contributed by atoms with Gasteiger partial charge in [-0.15, -0.1) is 0 Å². The van der Waals surface area contributed by atoms with E-state index >= 15 is 0 Å². The normalized spacial score (nSPS) is 13.5. The molecule has 5 rings (SSSR count). The second-order valence-corrected chi connectivity index (χ2v) is 7.70. The van der Waals surface area contributed by atoms with E-state index in [9.17, 15) is 4.79 Å². The van der Waals surface area contributed by atoms with Crippen molar-refractivity contribution in [3.05, 3.63) is 83.7 Å². The van der Waals surface area contributed by atoms with Gasteiger partial charge in [0, 0.05) is 24.3 Å². The first kappa shape index (κ1) is 19.3. The van der Waals surface area contributed by atoms with Crippen LogP contribution >= 0.6 is 0 Å². The number of aromatic nitrogens is 2. The number of benzene rings is 3. The molecule has 0 radical (unpaired) electrons. The minimum absolute atomic E-state index is 0.0173. The second-order valence-electron chi connectivity index (χ2n) is 7.70. The number of aliphatic hydroxyl groups excluding tert-OH is 1. The van der Waals surface area contributed by atoms with Crippen molar-refractivity contribution < 1.29 is 14.6 Å². The molecular formula is C25H23N3O3. The largest absolute Gasteiger partial charge is 0.491 e. The summed E-state index contributed by atoms with van der Waals surface area (Å²) in [5, 5.41) is 9.08. The first-order chi connectivity index (χ1) is 15.2. The molecule has 0 saturated carbocycles. The van der Waals surface area contributed by atoms with Crippen molar-refractivity contribution >= 4 is 16.9 Å². The van der Waals surface area contributed by atoms with Gasteiger partial charge in [0.15, 0.2) is 0 Å². The summed E-state index contributed by atoms with van der Waals surface area (Å²) in [5.41, 5.74) is 6.73. The van der Waals surface area contributed by atoms with Gasteiger partial charge in [0.1, 0.15) is 12.4 Å². The summed E-state index contributed by atoms with van der Waals surface area (Å²) >= 11 is 0. The Kier molecular flexibility index (Phi) is 5.14. The zero-order chi connectivity index (χ0) is 21.2. The highest BCUT2D eigenvalue weighted by Crippen LogP contribution is 2.31. The summed E-state index contributed by atoms with van der Waals surface area (Å²) in [5.74, 6) is 0.802. The van der Waals surface area contributed by atoms with Gasteiger partial charge in [0.05, 0.1) is 23.9 Å². The fraction of sp³-hybridized carbons (Fsp3) is 0.200. The molecule has 2 N–H and O–H groups in total. The van der Waals surface area contributed by atoms with Crippen LogP contribution in [0.2, 0.25) is 0 Å². The van der Waals surface area contributed by atoms with Crippen LogP contribution in [0.5, 0.6) is 5.75 Å². The third kappa shape index (κ3) is 3.90. The van der Waals surface area contributed by atoms with Crippen LogP contribution in [0.15, 0.2) is 67.0 Å². The zero-order valence-electron chi connectivity index (χ0n) is 17.0. The van der Waals surface area contributed by atoms with E-state index in [1.807, 2.05) is 47.4 Å². The number of hydrogen-bond donors (Lipinski definition) is 2. The molecule has 6 heteroatoms. The lowest BCUT2D eigenvalue weighted by Crippen LogP contribution is -2.32. The van der Waals surface area contributed by atoms with Crippen LogP contribution in [0.4, 0.5) is 0 Å². The van der Waals surface area contributed by atoms with Crippen molar-refractivity contribution in [2.24, 2.45) is 0 Å². The maximum absolute atomic E-state index is 13.1. The summed E-state index contributed by atoms with van der Waals surface area (Å²) in [4.78, 5) is 22.4. The van der Waals surface area contributed by atoms with Gasteiger partial charge in [-0.05, 0) is 59.5 Å². The number of H-pyrrole nitrogens is 1. The first-order valence-corrected chi connectivity index (χ1v) is 10.4. The van der Waals surface area contributed by atoms with Crippen molar-refractivity contribution in [2.45, 2.75) is 13.0 Å². The molecule has 1 aliphatic heterocycles. The van der Waals surface area contributed by atoms with Crippen molar-refractivity contribution in [3.8, 4) is 16.9 Å². The highest BCUT2D eigenvalue weighted by molar-refractivity contribution is 5.94. The highest BCUT2D eigenvalue weighted by atomic mass is 16.5. The molecular weight excluding hydrogens is 390 g/mol. The number of ether oxygens (including phenoxy) is 1. The fourth-order valence-electron chi connectivity index (χ4n) is 3.99. The molecule has 1 aliphatic rings. The van der Waals surface area contributed by atoms with Crippen LogP contribution in [-0.2, 0) is 13.0 Å². The number of nitrogens with zero attached hydrogens (tertiary/aromatic N) is 2. The minimum Gasteiger partial charge on any atom is -0.491 e. The Hall–Kier alpha value is -3.64. The molecule has 0 spiro atoms. The van der Waals surface area contributed by atoms with Gasteiger partial charge in [0.25, 0.3) is 5.91 Å². The lowest BCUT2D eigenvalue weighted by atomic mass is 10.0. The number of carbonyl (C=O) groups is 1. The Morgan fingerprint density at radius 3 is 2.71 bits per heavy atom. The Morgan fingerprint density at radius 1 is 1.06 bits per heavy atom. The maximum Gasteiger partial charge on any atom is 0.254 e. The van der Waals surface area contributed by atoms with Gasteiger partial charge in [-0.25, -0.2) is 4.98 Å². The summed E-state index contributed by atoms with van der Waals surface area (Å²) in [6, 6.07) is 19.7. The van der Waals surface area contributed by atoms with Gasteiger partial charge in [0.2, 0.25) is 0 Å². The third-order valence-corrected chi connectivity index (χ3v) is 5.68. The van der Waals surface area contributed by atoms with Crippen molar-refractivity contribution in [3.63, 3.8) is 0 Å². The van der Waals surface area contributed by atoms with Crippen LogP contribution < -0.4 is 4.74 Å². The average molecular weight is 413 g/mol. The third-order valence-electron chi connectivity index (χ3n) is 5.68. The summed E-state index contributed by atoms with van der Waals surface area (Å²) in [7, 11) is 0. The Labute approximate surface area is 180 Å². The van der Waals surface area contributed by atoms with Crippen LogP contribution in [0.1, 0.15) is 21.5 Å². The van der Waals surface area contributed by atoms with Gasteiger partial charge >= 0.3 is 0 Å². The number of hydrogen-bond acceptors (Lipinski definition) is 4. The molecule has 0 fully saturated rings. The second kappa shape index (κ2) is 8.24. The SMILES string of the molecule is O=C(c1ccc(CCO)cc1)N1CCOc2ccc(-c3ccc4nc[nH]c4c3)cc2C1. The first-order valence-electron chi connectivity index (χ1n) is 10.4. The number of carbonyl (C=O) groups excluding carboxylic acids is 1. The smallest absolute Gasteiger partial charge is 0.254 e. The van der Waals surface area contributed by atoms with Gasteiger partial charge in [-0.1, -0.05) is 24.3 Å². The number of nitrogens with one attached hydrogen (secondary N) is 1. The maximum atomic E-state index is 13.1. The van der Waals surface area contributed by atoms with E-state index in [4.69, 9.17) is 9.84 Å². The Morgan fingerprint density at radius 2 is 1.87 bits per heavy atom. The number of amides is 1. The van der Waals surface area contributed by atoms with Crippen LogP contribution in [0, 0.1) is 0 Å². The summed E-state index contributed by atoms with van der Waals surface area (Å²) in [6.45, 7) is 1.58. The van der Waals surface area contributed by atoms with Crippen molar-refractivity contribution in [2.75, 3.05) is 19.8 Å². The monoisotopic (exact) mass is 413 g/mol. The lowest BCUT2D eigenvalue weighted by Gasteiger charge is -2.20. The van der Waals surface area contributed by atoms with E-state index in [0.717, 1.165) is 39.0 Å². The number of rotatable bonds is 4. The van der Waals surface area contributed by atoms with Gasteiger partial charge < -0.3 is 19.7 Å². The van der Waals surface area contributed by atoms with E-state index in [2.05, 4.69) is 28.2 Å². The van der Waals surface area contributed by atoms with Crippen LogP contribution in [0.25, 0.3) is 22.2 Å². The quantitative estimate of drug-likeness (QED) is 0.533. The highest BCUT2D eigenvalue weighted by Gasteiger charge is 2.21. The molecule has 31 heavy (non-hydrogen) atoms. The van der Waals surface area contributed by atoms with Gasteiger partial charge in [-0.2, -0.15) is 0 Å². The molecule has 0 saturated heterocycles. The molecule has 3 aromatic carbocycles. The zero-order valence-corrected chi connectivity index (χ0v) is 17.0. The van der Waals surface area contributed by atoms with E-state index in [1.54, 1.807) is 6.33 Å². The number of aliphatic hydroxyl groups is 1. The number of imidazole rings is 1. The number of aromatic amines is 1. The Bertz CT molecular complexity index is 1230. The predicted molar refractivity (Wildman–Crippen MR) is 119 cm³/mol. The lowest BCUT2D eigenvalue weighted by molar-refractivity contribution is 0.0733. The summed E-state index contributed by atoms with van der Waals surface area (Å²) in [6.07, 6.45) is 2.28. The molecule has 0 atom stereocenters. The summed E-state index contributed by atoms with van der Waals surface area (Å²) < 4.78 is 5.93. The van der Waals surface area contributed by atoms with E-state index in [1.165, 1.54) is 0 Å². The molecule has 4 aromatic rings. The molecule has 6 nitrogen and oxygen atoms in total. The molecule has 0 unspecified atom stereocenters. The van der Waals surface area contributed by atoms with Crippen molar-refractivity contribution in [1.82, 2.24) is 14.9 Å².